The molecule has 1 aromatic heterocycles. The molecule has 148 valence electrons. The zero-order chi connectivity index (χ0) is 20.1. The van der Waals surface area contributed by atoms with Crippen LogP contribution < -0.4 is 10.2 Å². The third-order valence-electron chi connectivity index (χ3n) is 4.36. The molecule has 1 aromatic carbocycles. The molecule has 0 spiro atoms. The summed E-state index contributed by atoms with van der Waals surface area (Å²) in [6, 6.07) is 7.35. The standard InChI is InChI=1S/C19H20ClFN4O3/c1-28-12-18(26)23-14-3-5-17(22-11-14)24-6-8-25(9-7-24)19(27)15-10-13(21)2-4-16(15)20/h2-5,10-11H,6-9,12H2,1H3,(H,23,26). The fourth-order valence-corrected chi connectivity index (χ4v) is 3.14. The third kappa shape index (κ3) is 4.76. The van der Waals surface area contributed by atoms with Gasteiger partial charge in [0, 0.05) is 33.3 Å². The number of methoxy groups -OCH3 is 1. The summed E-state index contributed by atoms with van der Waals surface area (Å²) in [6.07, 6.45) is 1.58. The highest BCUT2D eigenvalue weighted by Gasteiger charge is 2.24. The summed E-state index contributed by atoms with van der Waals surface area (Å²) in [6.45, 7) is 2.09. The van der Waals surface area contributed by atoms with Crippen molar-refractivity contribution in [2.45, 2.75) is 0 Å². The molecule has 0 bridgehead atoms. The molecule has 28 heavy (non-hydrogen) atoms. The second-order valence-electron chi connectivity index (χ2n) is 6.29. The van der Waals surface area contributed by atoms with Crippen molar-refractivity contribution in [3.63, 3.8) is 0 Å². The van der Waals surface area contributed by atoms with Gasteiger partial charge in [0.1, 0.15) is 18.2 Å². The molecular formula is C19H20ClFN4O3. The van der Waals surface area contributed by atoms with Crippen molar-refractivity contribution in [1.29, 1.82) is 0 Å². The smallest absolute Gasteiger partial charge is 0.255 e. The Labute approximate surface area is 167 Å². The van der Waals surface area contributed by atoms with E-state index in [0.29, 0.717) is 31.9 Å². The number of pyridine rings is 1. The number of halogens is 2. The number of benzene rings is 1. The summed E-state index contributed by atoms with van der Waals surface area (Å²) in [4.78, 5) is 32.2. The molecule has 7 nitrogen and oxygen atoms in total. The van der Waals surface area contributed by atoms with E-state index in [1.54, 1.807) is 17.2 Å². The molecule has 0 unspecified atom stereocenters. The highest BCUT2D eigenvalue weighted by molar-refractivity contribution is 6.33. The van der Waals surface area contributed by atoms with Crippen LogP contribution in [0, 0.1) is 5.82 Å². The summed E-state index contributed by atoms with van der Waals surface area (Å²) in [7, 11) is 1.45. The minimum Gasteiger partial charge on any atom is -0.375 e. The molecule has 2 aromatic rings. The lowest BCUT2D eigenvalue weighted by Gasteiger charge is -2.35. The number of carbonyl (C=O) groups excluding carboxylic acids is 2. The first kappa shape index (κ1) is 20.0. The Morgan fingerprint density at radius 3 is 2.61 bits per heavy atom. The molecular weight excluding hydrogens is 387 g/mol. The molecule has 0 radical (unpaired) electrons. The van der Waals surface area contributed by atoms with E-state index in [9.17, 15) is 14.0 Å². The fraction of sp³-hybridized carbons (Fsp3) is 0.316. The Bertz CT molecular complexity index is 855. The number of piperazine rings is 1. The average molecular weight is 407 g/mol. The van der Waals surface area contributed by atoms with Crippen LogP contribution >= 0.6 is 11.6 Å². The van der Waals surface area contributed by atoms with Crippen molar-refractivity contribution in [1.82, 2.24) is 9.88 Å². The largest absolute Gasteiger partial charge is 0.375 e. The molecule has 9 heteroatoms. The van der Waals surface area contributed by atoms with E-state index in [1.165, 1.54) is 19.2 Å². The number of amides is 2. The quantitative estimate of drug-likeness (QED) is 0.825. The maximum Gasteiger partial charge on any atom is 0.255 e. The highest BCUT2D eigenvalue weighted by atomic mass is 35.5. The summed E-state index contributed by atoms with van der Waals surface area (Å²) >= 11 is 6.03. The molecule has 1 aliphatic rings. The monoisotopic (exact) mass is 406 g/mol. The maximum absolute atomic E-state index is 13.4. The third-order valence-corrected chi connectivity index (χ3v) is 4.69. The number of nitrogens with zero attached hydrogens (tertiary/aromatic N) is 3. The minimum atomic E-state index is -0.492. The normalized spacial score (nSPS) is 14.1. The van der Waals surface area contributed by atoms with Crippen molar-refractivity contribution in [2.75, 3.05) is 50.1 Å². The number of carbonyl (C=O) groups is 2. The predicted octanol–water partition coefficient (Wildman–Crippen LogP) is 2.42. The van der Waals surface area contributed by atoms with Gasteiger partial charge in [0.25, 0.3) is 5.91 Å². The summed E-state index contributed by atoms with van der Waals surface area (Å²) in [5.74, 6) is -0.276. The fourth-order valence-electron chi connectivity index (χ4n) is 2.95. The van der Waals surface area contributed by atoms with E-state index in [1.807, 2.05) is 11.0 Å². The van der Waals surface area contributed by atoms with Crippen LogP contribution in [-0.2, 0) is 9.53 Å². The molecule has 2 amide bonds. The molecule has 0 atom stereocenters. The number of ether oxygens (including phenoxy) is 1. The van der Waals surface area contributed by atoms with Gasteiger partial charge in [-0.15, -0.1) is 0 Å². The van der Waals surface area contributed by atoms with Gasteiger partial charge < -0.3 is 19.9 Å². The molecule has 0 aliphatic carbocycles. The van der Waals surface area contributed by atoms with Gasteiger partial charge in [-0.1, -0.05) is 11.6 Å². The van der Waals surface area contributed by atoms with Gasteiger partial charge in [-0.2, -0.15) is 0 Å². The molecule has 1 saturated heterocycles. The van der Waals surface area contributed by atoms with Crippen LogP contribution in [-0.4, -0.2) is 61.6 Å². The van der Waals surface area contributed by atoms with Crippen molar-refractivity contribution in [3.05, 3.63) is 52.9 Å². The lowest BCUT2D eigenvalue weighted by molar-refractivity contribution is -0.119. The molecule has 2 heterocycles. The van der Waals surface area contributed by atoms with E-state index < -0.39 is 5.82 Å². The Kier molecular flexibility index (Phi) is 6.43. The van der Waals surface area contributed by atoms with Crippen LogP contribution in [0.5, 0.6) is 0 Å². The van der Waals surface area contributed by atoms with Crippen LogP contribution in [0.3, 0.4) is 0 Å². The number of aromatic nitrogens is 1. The first-order chi connectivity index (χ1) is 13.5. The number of anilines is 2. The molecule has 3 rings (SSSR count). The van der Waals surface area contributed by atoms with Crippen molar-refractivity contribution in [3.8, 4) is 0 Å². The van der Waals surface area contributed by atoms with E-state index in [-0.39, 0.29) is 29.0 Å². The Morgan fingerprint density at radius 1 is 1.21 bits per heavy atom. The van der Waals surface area contributed by atoms with Crippen molar-refractivity contribution < 1.29 is 18.7 Å². The van der Waals surface area contributed by atoms with Crippen LogP contribution in [0.25, 0.3) is 0 Å². The number of rotatable bonds is 5. The lowest BCUT2D eigenvalue weighted by atomic mass is 10.1. The molecule has 0 saturated carbocycles. The Hall–Kier alpha value is -2.71. The van der Waals surface area contributed by atoms with Gasteiger partial charge in [-0.3, -0.25) is 9.59 Å². The zero-order valence-electron chi connectivity index (χ0n) is 15.3. The summed E-state index contributed by atoms with van der Waals surface area (Å²) in [5, 5.41) is 2.92. The number of nitrogens with one attached hydrogen (secondary N) is 1. The second kappa shape index (κ2) is 8.99. The van der Waals surface area contributed by atoms with E-state index >= 15 is 0 Å². The van der Waals surface area contributed by atoms with E-state index in [2.05, 4.69) is 10.3 Å². The molecule has 1 aliphatic heterocycles. The SMILES string of the molecule is COCC(=O)Nc1ccc(N2CCN(C(=O)c3cc(F)ccc3Cl)CC2)nc1. The number of hydrogen-bond acceptors (Lipinski definition) is 5. The zero-order valence-corrected chi connectivity index (χ0v) is 16.1. The van der Waals surface area contributed by atoms with Gasteiger partial charge in [0.2, 0.25) is 5.91 Å². The van der Waals surface area contributed by atoms with Crippen LogP contribution in [0.4, 0.5) is 15.9 Å². The van der Waals surface area contributed by atoms with Crippen molar-refractivity contribution >= 4 is 34.9 Å². The number of hydrogen-bond donors (Lipinski definition) is 1. The van der Waals surface area contributed by atoms with Gasteiger partial charge in [-0.05, 0) is 30.3 Å². The van der Waals surface area contributed by atoms with Gasteiger partial charge in [-0.25, -0.2) is 9.37 Å². The molecule has 1 N–H and O–H groups in total. The van der Waals surface area contributed by atoms with Gasteiger partial charge >= 0.3 is 0 Å². The average Bonchev–Trinajstić information content (AvgIpc) is 2.70. The second-order valence-corrected chi connectivity index (χ2v) is 6.70. The van der Waals surface area contributed by atoms with Gasteiger partial charge in [0.05, 0.1) is 22.5 Å². The first-order valence-corrected chi connectivity index (χ1v) is 9.10. The molecule has 1 fully saturated rings. The minimum absolute atomic E-state index is 0.0208. The van der Waals surface area contributed by atoms with Crippen LogP contribution in [0.15, 0.2) is 36.5 Å². The highest BCUT2D eigenvalue weighted by Crippen LogP contribution is 2.21. The van der Waals surface area contributed by atoms with Crippen LogP contribution in [0.1, 0.15) is 10.4 Å². The topological polar surface area (TPSA) is 74.8 Å². The Morgan fingerprint density at radius 2 is 1.96 bits per heavy atom. The maximum atomic E-state index is 13.4. The van der Waals surface area contributed by atoms with Crippen LogP contribution in [0.2, 0.25) is 5.02 Å². The Balaban J connectivity index is 1.58. The first-order valence-electron chi connectivity index (χ1n) is 8.72. The van der Waals surface area contributed by atoms with Gasteiger partial charge in [0.15, 0.2) is 0 Å². The lowest BCUT2D eigenvalue weighted by Crippen LogP contribution is -2.49. The van der Waals surface area contributed by atoms with Crippen molar-refractivity contribution in [2.24, 2.45) is 0 Å². The van der Waals surface area contributed by atoms with E-state index in [4.69, 9.17) is 16.3 Å². The van der Waals surface area contributed by atoms with E-state index in [0.717, 1.165) is 11.9 Å². The summed E-state index contributed by atoms with van der Waals surface area (Å²) < 4.78 is 18.2. The summed E-state index contributed by atoms with van der Waals surface area (Å²) in [5.41, 5.74) is 0.754. The predicted molar refractivity (Wildman–Crippen MR) is 104 cm³/mol.